The average Bonchev–Trinajstić information content (AvgIpc) is 3.27. The highest BCUT2D eigenvalue weighted by molar-refractivity contribution is 6.42. The second-order valence-corrected chi connectivity index (χ2v) is 9.31. The number of hydrogen-bond acceptors (Lipinski definition) is 5. The molecule has 7 nitrogen and oxygen atoms in total. The molecule has 1 aliphatic heterocycles. The molecule has 0 radical (unpaired) electrons. The van der Waals surface area contributed by atoms with Crippen molar-refractivity contribution in [1.82, 2.24) is 5.43 Å². The molecule has 0 aromatic heterocycles. The Morgan fingerprint density at radius 1 is 1.06 bits per heavy atom. The van der Waals surface area contributed by atoms with E-state index in [0.29, 0.717) is 37.8 Å². The van der Waals surface area contributed by atoms with E-state index in [1.165, 1.54) is 13.3 Å². The lowest BCUT2D eigenvalue weighted by Crippen LogP contribution is -2.30. The molecule has 0 aliphatic carbocycles. The van der Waals surface area contributed by atoms with Crippen molar-refractivity contribution in [3.63, 3.8) is 0 Å². The van der Waals surface area contributed by atoms with Crippen molar-refractivity contribution in [1.29, 1.82) is 0 Å². The molecular weight excluding hydrogens is 525 g/mol. The van der Waals surface area contributed by atoms with Gasteiger partial charge in [-0.1, -0.05) is 40.9 Å². The zero-order valence-corrected chi connectivity index (χ0v) is 21.5. The predicted molar refractivity (Wildman–Crippen MR) is 141 cm³/mol. The zero-order chi connectivity index (χ0) is 25.7. The Bertz CT molecular complexity index is 1300. The van der Waals surface area contributed by atoms with Gasteiger partial charge in [-0.05, 0) is 65.7 Å². The van der Waals surface area contributed by atoms with Gasteiger partial charge in [0.2, 0.25) is 11.8 Å². The SMILES string of the molecule is COc1cc(/C=N\NC(=O)[C@H]2CC(=O)N(c3ccc(Cl)cc3)C2)ccc1OCc1ccc(Cl)c(Cl)c1. The lowest BCUT2D eigenvalue weighted by molar-refractivity contribution is -0.126. The van der Waals surface area contributed by atoms with Crippen LogP contribution in [0.1, 0.15) is 17.5 Å². The Hall–Kier alpha value is -3.26. The standard InChI is InChI=1S/C26H22Cl3N3O4/c1-35-24-11-16(3-9-23(24)36-15-17-2-8-21(28)22(29)10-17)13-30-31-26(34)18-12-25(33)32(14-18)20-6-4-19(27)5-7-20/h2-11,13,18H,12,14-15H2,1H3,(H,31,34)/b30-13-/t18-/m0/s1. The van der Waals surface area contributed by atoms with E-state index >= 15 is 0 Å². The van der Waals surface area contributed by atoms with E-state index in [1.807, 2.05) is 6.07 Å². The normalized spacial score (nSPS) is 15.4. The Morgan fingerprint density at radius 2 is 1.83 bits per heavy atom. The number of anilines is 1. The highest BCUT2D eigenvalue weighted by atomic mass is 35.5. The molecule has 1 aliphatic rings. The third kappa shape index (κ3) is 6.29. The fourth-order valence-electron chi connectivity index (χ4n) is 3.69. The van der Waals surface area contributed by atoms with Gasteiger partial charge in [0, 0.05) is 23.7 Å². The summed E-state index contributed by atoms with van der Waals surface area (Å²) >= 11 is 17.9. The zero-order valence-electron chi connectivity index (χ0n) is 19.2. The van der Waals surface area contributed by atoms with E-state index in [-0.39, 0.29) is 31.4 Å². The van der Waals surface area contributed by atoms with Gasteiger partial charge in [0.15, 0.2) is 11.5 Å². The van der Waals surface area contributed by atoms with Gasteiger partial charge < -0.3 is 14.4 Å². The number of nitrogens with one attached hydrogen (secondary N) is 1. The number of benzene rings is 3. The number of amides is 2. The molecular formula is C26H22Cl3N3O4. The third-order valence-electron chi connectivity index (χ3n) is 5.59. The average molecular weight is 547 g/mol. The van der Waals surface area contributed by atoms with Gasteiger partial charge in [-0.3, -0.25) is 9.59 Å². The lowest BCUT2D eigenvalue weighted by Gasteiger charge is -2.16. The molecule has 0 unspecified atom stereocenters. The number of hydrogen-bond donors (Lipinski definition) is 1. The van der Waals surface area contributed by atoms with Crippen LogP contribution in [0.25, 0.3) is 0 Å². The van der Waals surface area contributed by atoms with Crippen LogP contribution in [0.5, 0.6) is 11.5 Å². The van der Waals surface area contributed by atoms with Crippen LogP contribution in [0.15, 0.2) is 65.8 Å². The van der Waals surface area contributed by atoms with Crippen LogP contribution in [0.3, 0.4) is 0 Å². The maximum atomic E-state index is 12.6. The third-order valence-corrected chi connectivity index (χ3v) is 6.58. The fraction of sp³-hybridized carbons (Fsp3) is 0.192. The van der Waals surface area contributed by atoms with Crippen LogP contribution < -0.4 is 19.8 Å². The first kappa shape index (κ1) is 25.8. The van der Waals surface area contributed by atoms with Gasteiger partial charge in [0.05, 0.1) is 29.3 Å². The first-order valence-electron chi connectivity index (χ1n) is 11.0. The minimum absolute atomic E-state index is 0.114. The van der Waals surface area contributed by atoms with Crippen LogP contribution >= 0.6 is 34.8 Å². The molecule has 10 heteroatoms. The van der Waals surface area contributed by atoms with Crippen LogP contribution in [-0.2, 0) is 16.2 Å². The van der Waals surface area contributed by atoms with E-state index in [4.69, 9.17) is 44.3 Å². The number of methoxy groups -OCH3 is 1. The van der Waals surface area contributed by atoms with Gasteiger partial charge in [-0.25, -0.2) is 5.43 Å². The smallest absolute Gasteiger partial charge is 0.245 e. The topological polar surface area (TPSA) is 80.2 Å². The van der Waals surface area contributed by atoms with Crippen LogP contribution in [0.4, 0.5) is 5.69 Å². The van der Waals surface area contributed by atoms with Crippen molar-refractivity contribution in [3.05, 3.63) is 86.9 Å². The molecule has 3 aromatic carbocycles. The van der Waals surface area contributed by atoms with Crippen LogP contribution in [0.2, 0.25) is 15.1 Å². The van der Waals surface area contributed by atoms with E-state index in [0.717, 1.165) is 5.56 Å². The maximum Gasteiger partial charge on any atom is 0.245 e. The van der Waals surface area contributed by atoms with E-state index in [2.05, 4.69) is 10.5 Å². The fourth-order valence-corrected chi connectivity index (χ4v) is 4.14. The summed E-state index contributed by atoms with van der Waals surface area (Å²) < 4.78 is 11.3. The minimum Gasteiger partial charge on any atom is -0.493 e. The monoisotopic (exact) mass is 545 g/mol. The van der Waals surface area contributed by atoms with Crippen molar-refractivity contribution in [2.24, 2.45) is 11.0 Å². The van der Waals surface area contributed by atoms with Gasteiger partial charge in [-0.15, -0.1) is 0 Å². The van der Waals surface area contributed by atoms with Crippen LogP contribution in [0, 0.1) is 5.92 Å². The van der Waals surface area contributed by atoms with Crippen molar-refractivity contribution in [3.8, 4) is 11.5 Å². The molecule has 1 heterocycles. The highest BCUT2D eigenvalue weighted by Crippen LogP contribution is 2.30. The summed E-state index contributed by atoms with van der Waals surface area (Å²) in [5, 5.41) is 5.56. The summed E-state index contributed by atoms with van der Waals surface area (Å²) in [6, 6.07) is 17.5. The van der Waals surface area contributed by atoms with E-state index in [1.54, 1.807) is 59.5 Å². The molecule has 3 aromatic rings. The number of nitrogens with zero attached hydrogens (tertiary/aromatic N) is 2. The minimum atomic E-state index is -0.503. The van der Waals surface area contributed by atoms with Crippen molar-refractivity contribution >= 4 is 58.5 Å². The van der Waals surface area contributed by atoms with Crippen molar-refractivity contribution in [2.45, 2.75) is 13.0 Å². The molecule has 1 atom stereocenters. The van der Waals surface area contributed by atoms with E-state index < -0.39 is 5.92 Å². The summed E-state index contributed by atoms with van der Waals surface area (Å²) in [4.78, 5) is 26.5. The molecule has 0 spiro atoms. The van der Waals surface area contributed by atoms with Gasteiger partial charge in [0.25, 0.3) is 0 Å². The quantitative estimate of drug-likeness (QED) is 0.289. The molecule has 36 heavy (non-hydrogen) atoms. The lowest BCUT2D eigenvalue weighted by atomic mass is 10.1. The first-order valence-corrected chi connectivity index (χ1v) is 12.1. The Labute approximate surface area is 223 Å². The molecule has 186 valence electrons. The second-order valence-electron chi connectivity index (χ2n) is 8.06. The second kappa shape index (κ2) is 11.6. The van der Waals surface area contributed by atoms with Crippen molar-refractivity contribution < 1.29 is 19.1 Å². The van der Waals surface area contributed by atoms with Crippen molar-refractivity contribution in [2.75, 3.05) is 18.6 Å². The molecule has 2 amide bonds. The molecule has 0 saturated carbocycles. The molecule has 1 fully saturated rings. The van der Waals surface area contributed by atoms with Gasteiger partial charge >= 0.3 is 0 Å². The number of halogens is 3. The van der Waals surface area contributed by atoms with E-state index in [9.17, 15) is 9.59 Å². The van der Waals surface area contributed by atoms with Gasteiger partial charge in [-0.2, -0.15) is 5.10 Å². The summed E-state index contributed by atoms with van der Waals surface area (Å²) in [5.74, 6) is 0.0890. The summed E-state index contributed by atoms with van der Waals surface area (Å²) in [7, 11) is 1.54. The molecule has 1 saturated heterocycles. The number of rotatable bonds is 8. The van der Waals surface area contributed by atoms with Crippen LogP contribution in [-0.4, -0.2) is 31.7 Å². The predicted octanol–water partition coefficient (Wildman–Crippen LogP) is 5.74. The Kier molecular flexibility index (Phi) is 8.36. The number of carbonyl (C=O) groups is 2. The largest absolute Gasteiger partial charge is 0.493 e. The first-order chi connectivity index (χ1) is 17.3. The molecule has 1 N–H and O–H groups in total. The Morgan fingerprint density at radius 3 is 2.56 bits per heavy atom. The Balaban J connectivity index is 1.33. The summed E-state index contributed by atoms with van der Waals surface area (Å²) in [6.07, 6.45) is 1.61. The summed E-state index contributed by atoms with van der Waals surface area (Å²) in [5.41, 5.74) is 4.78. The maximum absolute atomic E-state index is 12.6. The van der Waals surface area contributed by atoms with Gasteiger partial charge in [0.1, 0.15) is 6.61 Å². The number of hydrazone groups is 1. The molecule has 0 bridgehead atoms. The molecule has 4 rings (SSSR count). The number of carbonyl (C=O) groups excluding carboxylic acids is 2. The number of ether oxygens (including phenoxy) is 2. The summed E-state index contributed by atoms with van der Waals surface area (Å²) in [6.45, 7) is 0.560. The highest BCUT2D eigenvalue weighted by Gasteiger charge is 2.35.